The molecule has 4 nitrogen and oxygen atoms in total. The Morgan fingerprint density at radius 2 is 2.06 bits per heavy atom. The fourth-order valence-corrected chi connectivity index (χ4v) is 1.82. The molecule has 0 aliphatic rings. The Morgan fingerprint density at radius 3 is 2.56 bits per heavy atom. The van der Waals surface area contributed by atoms with E-state index in [1.165, 1.54) is 0 Å². The lowest BCUT2D eigenvalue weighted by Crippen LogP contribution is -2.45. The Hall–Kier alpha value is -1.46. The first kappa shape index (κ1) is 14.6. The normalized spacial score (nSPS) is 12.2. The SMILES string of the molecule is CCN(CC(N)=S)C(C)C(=O)Nc1ccccc1. The molecule has 98 valence electrons. The zero-order valence-corrected chi connectivity index (χ0v) is 11.5. The first-order valence-electron chi connectivity index (χ1n) is 5.92. The molecule has 0 spiro atoms. The molecule has 1 atom stereocenters. The van der Waals surface area contributed by atoms with Crippen LogP contribution in [-0.2, 0) is 4.79 Å². The maximum atomic E-state index is 12.1. The van der Waals surface area contributed by atoms with Gasteiger partial charge in [-0.1, -0.05) is 37.3 Å². The molecule has 0 aliphatic carbocycles. The summed E-state index contributed by atoms with van der Waals surface area (Å²) in [5, 5.41) is 2.87. The van der Waals surface area contributed by atoms with Gasteiger partial charge in [-0.3, -0.25) is 9.69 Å². The molecule has 0 heterocycles. The first-order chi connectivity index (χ1) is 8.54. The highest BCUT2D eigenvalue weighted by molar-refractivity contribution is 7.80. The Morgan fingerprint density at radius 1 is 1.44 bits per heavy atom. The van der Waals surface area contributed by atoms with Crippen molar-refractivity contribution in [2.24, 2.45) is 5.73 Å². The third-order valence-corrected chi connectivity index (χ3v) is 2.86. The summed E-state index contributed by atoms with van der Waals surface area (Å²) in [4.78, 5) is 14.4. The maximum Gasteiger partial charge on any atom is 0.241 e. The van der Waals surface area contributed by atoms with Crippen molar-refractivity contribution >= 4 is 28.8 Å². The van der Waals surface area contributed by atoms with Crippen LogP contribution in [0, 0.1) is 0 Å². The molecule has 0 bridgehead atoms. The van der Waals surface area contributed by atoms with E-state index in [-0.39, 0.29) is 11.9 Å². The first-order valence-corrected chi connectivity index (χ1v) is 6.33. The summed E-state index contributed by atoms with van der Waals surface area (Å²) in [7, 11) is 0. The van der Waals surface area contributed by atoms with Gasteiger partial charge in [-0.2, -0.15) is 0 Å². The number of amides is 1. The van der Waals surface area contributed by atoms with E-state index >= 15 is 0 Å². The largest absolute Gasteiger partial charge is 0.392 e. The summed E-state index contributed by atoms with van der Waals surface area (Å²) in [6.45, 7) is 5.00. The quantitative estimate of drug-likeness (QED) is 0.767. The van der Waals surface area contributed by atoms with Crippen LogP contribution < -0.4 is 11.1 Å². The lowest BCUT2D eigenvalue weighted by atomic mass is 10.2. The fraction of sp³-hybridized carbons (Fsp3) is 0.385. The third kappa shape index (κ3) is 4.43. The van der Waals surface area contributed by atoms with Crippen LogP contribution in [0.5, 0.6) is 0 Å². The van der Waals surface area contributed by atoms with Crippen LogP contribution in [0.3, 0.4) is 0 Å². The van der Waals surface area contributed by atoms with Gasteiger partial charge in [0.15, 0.2) is 0 Å². The van der Waals surface area contributed by atoms with E-state index in [0.717, 1.165) is 12.2 Å². The molecule has 3 N–H and O–H groups in total. The molecule has 1 amide bonds. The minimum Gasteiger partial charge on any atom is -0.392 e. The number of thiocarbonyl (C=S) groups is 1. The van der Waals surface area contributed by atoms with Crippen molar-refractivity contribution in [2.75, 3.05) is 18.4 Å². The van der Waals surface area contributed by atoms with Crippen LogP contribution >= 0.6 is 12.2 Å². The Labute approximate surface area is 113 Å². The van der Waals surface area contributed by atoms with Crippen molar-refractivity contribution in [2.45, 2.75) is 19.9 Å². The van der Waals surface area contributed by atoms with Gasteiger partial charge in [0.2, 0.25) is 5.91 Å². The summed E-state index contributed by atoms with van der Waals surface area (Å²) in [6, 6.07) is 9.11. The number of nitrogens with one attached hydrogen (secondary N) is 1. The molecule has 18 heavy (non-hydrogen) atoms. The minimum atomic E-state index is -0.267. The second-order valence-electron chi connectivity index (χ2n) is 4.06. The Kier molecular flexibility index (Phi) is 5.74. The summed E-state index contributed by atoms with van der Waals surface area (Å²) < 4.78 is 0. The van der Waals surface area contributed by atoms with Crippen LogP contribution in [0.4, 0.5) is 5.69 Å². The second kappa shape index (κ2) is 7.08. The maximum absolute atomic E-state index is 12.1. The van der Waals surface area contributed by atoms with Gasteiger partial charge in [-0.25, -0.2) is 0 Å². The molecule has 0 radical (unpaired) electrons. The van der Waals surface area contributed by atoms with Crippen molar-refractivity contribution < 1.29 is 4.79 Å². The van der Waals surface area contributed by atoms with Gasteiger partial charge in [0.1, 0.15) is 0 Å². The molecule has 0 saturated heterocycles. The number of anilines is 1. The van der Waals surface area contributed by atoms with Crippen molar-refractivity contribution in [3.8, 4) is 0 Å². The minimum absolute atomic E-state index is 0.0562. The molecular weight excluding hydrogens is 246 g/mol. The Balaban J connectivity index is 2.62. The summed E-state index contributed by atoms with van der Waals surface area (Å²) in [6.07, 6.45) is 0. The molecule has 0 aliphatic heterocycles. The van der Waals surface area contributed by atoms with Gasteiger partial charge in [-0.05, 0) is 25.6 Å². The second-order valence-corrected chi connectivity index (χ2v) is 4.59. The van der Waals surface area contributed by atoms with Gasteiger partial charge in [-0.15, -0.1) is 0 Å². The number of rotatable bonds is 6. The zero-order valence-electron chi connectivity index (χ0n) is 10.7. The lowest BCUT2D eigenvalue weighted by molar-refractivity contribution is -0.120. The summed E-state index contributed by atoms with van der Waals surface area (Å²) in [5.41, 5.74) is 6.31. The topological polar surface area (TPSA) is 58.4 Å². The molecule has 0 aromatic heterocycles. The van der Waals surface area contributed by atoms with Crippen LogP contribution in [-0.4, -0.2) is 34.9 Å². The van der Waals surface area contributed by atoms with Crippen LogP contribution in [0.25, 0.3) is 0 Å². The number of para-hydroxylation sites is 1. The van der Waals surface area contributed by atoms with E-state index in [2.05, 4.69) is 5.32 Å². The van der Waals surface area contributed by atoms with E-state index < -0.39 is 0 Å². The van der Waals surface area contributed by atoms with E-state index in [1.807, 2.05) is 49.1 Å². The molecule has 5 heteroatoms. The van der Waals surface area contributed by atoms with Crippen molar-refractivity contribution in [1.82, 2.24) is 4.90 Å². The molecular formula is C13H19N3OS. The lowest BCUT2D eigenvalue weighted by Gasteiger charge is -2.26. The number of nitrogens with zero attached hydrogens (tertiary/aromatic N) is 1. The predicted molar refractivity (Wildman–Crippen MR) is 78.6 cm³/mol. The molecule has 1 aromatic carbocycles. The number of nitrogens with two attached hydrogens (primary N) is 1. The molecule has 1 unspecified atom stereocenters. The number of hydrogen-bond acceptors (Lipinski definition) is 3. The molecule has 0 saturated carbocycles. The third-order valence-electron chi connectivity index (χ3n) is 2.73. The van der Waals surface area contributed by atoms with Crippen molar-refractivity contribution in [3.05, 3.63) is 30.3 Å². The number of carbonyl (C=O) groups is 1. The monoisotopic (exact) mass is 265 g/mol. The number of hydrogen-bond donors (Lipinski definition) is 2. The molecule has 0 fully saturated rings. The van der Waals surface area contributed by atoms with Gasteiger partial charge < -0.3 is 11.1 Å². The molecule has 1 aromatic rings. The van der Waals surface area contributed by atoms with Gasteiger partial charge in [0.25, 0.3) is 0 Å². The summed E-state index contributed by atoms with van der Waals surface area (Å²) >= 11 is 4.88. The Bertz CT molecular complexity index is 408. The standard InChI is InChI=1S/C13H19N3OS/c1-3-16(9-12(14)18)10(2)13(17)15-11-7-5-4-6-8-11/h4-8,10H,3,9H2,1-2H3,(H2,14,18)(H,15,17). The van der Waals surface area contributed by atoms with Crippen LogP contribution in [0.1, 0.15) is 13.8 Å². The number of carbonyl (C=O) groups excluding carboxylic acids is 1. The average molecular weight is 265 g/mol. The highest BCUT2D eigenvalue weighted by atomic mass is 32.1. The number of benzene rings is 1. The molecule has 1 rings (SSSR count). The van der Waals surface area contributed by atoms with E-state index in [4.69, 9.17) is 18.0 Å². The van der Waals surface area contributed by atoms with Crippen molar-refractivity contribution in [3.63, 3.8) is 0 Å². The van der Waals surface area contributed by atoms with Crippen molar-refractivity contribution in [1.29, 1.82) is 0 Å². The summed E-state index contributed by atoms with van der Waals surface area (Å²) in [5.74, 6) is -0.0562. The fourth-order valence-electron chi connectivity index (χ4n) is 1.66. The predicted octanol–water partition coefficient (Wildman–Crippen LogP) is 1.62. The highest BCUT2D eigenvalue weighted by Crippen LogP contribution is 2.08. The van der Waals surface area contributed by atoms with E-state index in [1.54, 1.807) is 0 Å². The smallest absolute Gasteiger partial charge is 0.241 e. The average Bonchev–Trinajstić information content (AvgIpc) is 2.36. The van der Waals surface area contributed by atoms with Crippen LogP contribution in [0.15, 0.2) is 30.3 Å². The van der Waals surface area contributed by atoms with E-state index in [9.17, 15) is 4.79 Å². The van der Waals surface area contributed by atoms with Gasteiger partial charge in [0.05, 0.1) is 11.0 Å². The van der Waals surface area contributed by atoms with Gasteiger partial charge >= 0.3 is 0 Å². The van der Waals surface area contributed by atoms with Crippen LogP contribution in [0.2, 0.25) is 0 Å². The number of likely N-dealkylation sites (N-methyl/N-ethyl adjacent to an activating group) is 1. The van der Waals surface area contributed by atoms with E-state index in [0.29, 0.717) is 11.5 Å². The zero-order chi connectivity index (χ0) is 13.5. The van der Waals surface area contributed by atoms with Gasteiger partial charge in [0, 0.05) is 12.2 Å². The highest BCUT2D eigenvalue weighted by Gasteiger charge is 2.20.